The summed E-state index contributed by atoms with van der Waals surface area (Å²) in [6, 6.07) is 30.4. The molecule has 0 aliphatic heterocycles. The third-order valence-electron chi connectivity index (χ3n) is 4.80. The maximum Gasteiger partial charge on any atom is 0.173 e. The van der Waals surface area contributed by atoms with Gasteiger partial charge in [-0.3, -0.25) is 0 Å². The maximum atomic E-state index is 8.00. The van der Waals surface area contributed by atoms with Crippen LogP contribution in [-0.2, 0) is 6.42 Å². The molecule has 0 aromatic heterocycles. The normalized spacial score (nSPS) is 14.8. The molecule has 0 saturated heterocycles. The Balaban J connectivity index is 1.71. The van der Waals surface area contributed by atoms with E-state index in [1.54, 1.807) is 13.0 Å². The molecule has 3 aromatic carbocycles. The molecule has 0 aliphatic rings. The molecule has 0 amide bonds. The van der Waals surface area contributed by atoms with Crippen LogP contribution >= 0.6 is 26.9 Å². The highest BCUT2D eigenvalue weighted by atomic mass is 127. The first-order chi connectivity index (χ1) is 15.7. The maximum absolute atomic E-state index is 8.00. The van der Waals surface area contributed by atoms with Crippen LogP contribution in [0.2, 0.25) is 0 Å². The van der Waals surface area contributed by atoms with Crippen molar-refractivity contribution in [3.63, 3.8) is 0 Å². The average Bonchev–Trinajstić information content (AvgIpc) is 2.84. The Morgan fingerprint density at radius 3 is 1.79 bits per heavy atom. The summed E-state index contributed by atoms with van der Waals surface area (Å²) in [5.74, 6) is 0. The molecule has 3 aromatic rings. The zero-order valence-electron chi connectivity index (χ0n) is 20.9. The van der Waals surface area contributed by atoms with E-state index in [9.17, 15) is 0 Å². The predicted octanol–water partition coefficient (Wildman–Crippen LogP) is 7.40. The molecular formula is C27H31IP+. The van der Waals surface area contributed by atoms with Gasteiger partial charge in [0, 0.05) is 5.48 Å². The van der Waals surface area contributed by atoms with Gasteiger partial charge in [0.1, 0.15) is 15.9 Å². The van der Waals surface area contributed by atoms with Crippen molar-refractivity contribution in [3.05, 3.63) is 103 Å². The van der Waals surface area contributed by atoms with Crippen molar-refractivity contribution in [1.29, 1.82) is 0 Å². The van der Waals surface area contributed by atoms with E-state index in [1.807, 2.05) is 6.08 Å². The molecule has 0 saturated carbocycles. The molecule has 0 N–H and O–H groups in total. The molecule has 3 rings (SSSR count). The summed E-state index contributed by atoms with van der Waals surface area (Å²) in [4.78, 5) is -1.74. The summed E-state index contributed by atoms with van der Waals surface area (Å²) in [7, 11) is 0. The summed E-state index contributed by atoms with van der Waals surface area (Å²) in [5.41, 5.74) is 1.25. The third-order valence-corrected chi connectivity index (χ3v) is 12.8. The minimum absolute atomic E-state index is 0.1000. The highest BCUT2D eigenvalue weighted by Gasteiger charge is 2.43. The fourth-order valence-electron chi connectivity index (χ4n) is 3.29. The second kappa shape index (κ2) is 11.7. The minimum Gasteiger partial charge on any atom is -0.0885 e. The molecule has 29 heavy (non-hydrogen) atoms. The van der Waals surface area contributed by atoms with Gasteiger partial charge in [-0.2, -0.15) is 0 Å². The van der Waals surface area contributed by atoms with Crippen LogP contribution in [0, 0.1) is 0 Å². The van der Waals surface area contributed by atoms with Gasteiger partial charge in [0.2, 0.25) is 0 Å². The van der Waals surface area contributed by atoms with Gasteiger partial charge in [-0.1, -0.05) is 80.4 Å². The van der Waals surface area contributed by atoms with E-state index in [4.69, 9.17) is 5.48 Å². The van der Waals surface area contributed by atoms with E-state index in [0.717, 1.165) is 12.8 Å². The smallest absolute Gasteiger partial charge is 0.0885 e. The van der Waals surface area contributed by atoms with Gasteiger partial charge in [-0.15, -0.1) is 0 Å². The highest BCUT2D eigenvalue weighted by Crippen LogP contribution is 2.63. The molecule has 0 unspecified atom stereocenters. The lowest BCUT2D eigenvalue weighted by atomic mass is 10.1. The lowest BCUT2D eigenvalue weighted by Crippen LogP contribution is -2.26. The Bertz CT molecular complexity index is 995. The van der Waals surface area contributed by atoms with Crippen LogP contribution in [0.25, 0.3) is 0 Å². The number of rotatable bonds is 10. The van der Waals surface area contributed by atoms with E-state index >= 15 is 0 Å². The van der Waals surface area contributed by atoms with Crippen LogP contribution < -0.4 is 15.9 Å². The summed E-state index contributed by atoms with van der Waals surface area (Å²) in [6.45, 7) is 1.69. The second-order valence-corrected chi connectivity index (χ2v) is 13.9. The number of hydrogen-bond acceptors (Lipinski definition) is 0. The number of halogens is 1. The first-order valence-corrected chi connectivity index (χ1v) is 14.7. The van der Waals surface area contributed by atoms with E-state index < -0.39 is 17.7 Å². The number of aryl methyl sites for hydroxylation is 1. The van der Waals surface area contributed by atoms with E-state index in [1.165, 1.54) is 21.5 Å². The number of hydrogen-bond donors (Lipinski definition) is 0. The predicted molar refractivity (Wildman–Crippen MR) is 141 cm³/mol. The van der Waals surface area contributed by atoms with Crippen LogP contribution in [0.5, 0.6) is 0 Å². The molecule has 150 valence electrons. The number of benzene rings is 3. The van der Waals surface area contributed by atoms with Crippen LogP contribution in [0.3, 0.4) is 0 Å². The Morgan fingerprint density at radius 2 is 1.24 bits per heavy atom. The van der Waals surface area contributed by atoms with Gasteiger partial charge >= 0.3 is 0 Å². The van der Waals surface area contributed by atoms with Gasteiger partial charge in [-0.25, -0.2) is 0 Å². The van der Waals surface area contributed by atoms with Crippen molar-refractivity contribution < 1.29 is 5.48 Å². The Hall–Kier alpha value is -1.44. The Kier molecular flexibility index (Phi) is 6.95. The second-order valence-electron chi connectivity index (χ2n) is 6.85. The SMILES string of the molecule is [2H]C([2H])(CC)C([2H])([2H])C/C=C/CCc1ccc([P+](I)(c2ccccc2)c2ccccc2)cc1. The number of allylic oxidation sites excluding steroid dienone is 2. The standard InChI is InChI=1S/C27H31IP/c1-2-3-4-5-6-7-10-15-24-20-22-27(23-21-24)29(28,25-16-11-8-12-17-25)26-18-13-9-14-19-26/h6-9,11-14,16-23H,2-5,10,15H2,1H3/q+1/b7-6+/i3D2,4D2. The first-order valence-electron chi connectivity index (χ1n) is 12.2. The van der Waals surface area contributed by atoms with Crippen molar-refractivity contribution in [2.24, 2.45) is 0 Å². The summed E-state index contributed by atoms with van der Waals surface area (Å²) in [6.07, 6.45) is 2.07. The molecule has 0 nitrogen and oxygen atoms in total. The van der Waals surface area contributed by atoms with Gasteiger partial charge in [0.05, 0.1) is 0 Å². The molecule has 0 bridgehead atoms. The zero-order chi connectivity index (χ0) is 24.0. The lowest BCUT2D eigenvalue weighted by Gasteiger charge is -2.20. The molecule has 0 aliphatic carbocycles. The third kappa shape index (κ3) is 6.03. The molecular weight excluding hydrogens is 482 g/mol. The topological polar surface area (TPSA) is 0 Å². The monoisotopic (exact) mass is 517 g/mol. The van der Waals surface area contributed by atoms with E-state index in [-0.39, 0.29) is 12.8 Å². The van der Waals surface area contributed by atoms with E-state index in [0.29, 0.717) is 0 Å². The van der Waals surface area contributed by atoms with Crippen molar-refractivity contribution in [3.8, 4) is 0 Å². The van der Waals surface area contributed by atoms with Crippen LogP contribution in [0.1, 0.15) is 50.0 Å². The zero-order valence-corrected chi connectivity index (χ0v) is 19.9. The van der Waals surface area contributed by atoms with Gasteiger partial charge < -0.3 is 0 Å². The van der Waals surface area contributed by atoms with Crippen molar-refractivity contribution in [2.45, 2.75) is 45.4 Å². The fraction of sp³-hybridized carbons (Fsp3) is 0.259. The van der Waals surface area contributed by atoms with Crippen molar-refractivity contribution in [2.75, 3.05) is 0 Å². The molecule has 0 heterocycles. The summed E-state index contributed by atoms with van der Waals surface area (Å²) < 4.78 is 31.7. The lowest BCUT2D eigenvalue weighted by molar-refractivity contribution is 0.728. The molecule has 2 heteroatoms. The van der Waals surface area contributed by atoms with Crippen molar-refractivity contribution >= 4 is 42.9 Å². The quantitative estimate of drug-likeness (QED) is 0.149. The first kappa shape index (κ1) is 17.3. The summed E-state index contributed by atoms with van der Waals surface area (Å²) in [5, 5.41) is 4.05. The molecule has 0 atom stereocenters. The van der Waals surface area contributed by atoms with Crippen LogP contribution in [0.15, 0.2) is 97.1 Å². The van der Waals surface area contributed by atoms with Gasteiger partial charge in [-0.05, 0) is 67.6 Å². The van der Waals surface area contributed by atoms with Crippen molar-refractivity contribution in [1.82, 2.24) is 0 Å². The van der Waals surface area contributed by atoms with Crippen LogP contribution in [-0.4, -0.2) is 0 Å². The summed E-state index contributed by atoms with van der Waals surface area (Å²) >= 11 is 2.67. The highest BCUT2D eigenvalue weighted by molar-refractivity contribution is 14.2. The fourth-order valence-corrected chi connectivity index (χ4v) is 8.80. The average molecular weight is 517 g/mol. The molecule has 0 radical (unpaired) electrons. The Labute approximate surface area is 195 Å². The Morgan fingerprint density at radius 1 is 0.724 bits per heavy atom. The van der Waals surface area contributed by atoms with Gasteiger partial charge in [0.25, 0.3) is 0 Å². The largest absolute Gasteiger partial charge is 0.173 e. The molecule has 0 fully saturated rings. The van der Waals surface area contributed by atoms with Crippen LogP contribution in [0.4, 0.5) is 0 Å². The molecule has 0 spiro atoms. The minimum atomic E-state index is -1.85. The van der Waals surface area contributed by atoms with E-state index in [2.05, 4.69) is 107 Å². The van der Waals surface area contributed by atoms with Gasteiger partial charge in [0.15, 0.2) is 26.9 Å².